The Morgan fingerprint density at radius 1 is 1.26 bits per heavy atom. The van der Waals surface area contributed by atoms with Gasteiger partial charge in [-0.05, 0) is 52.2 Å². The highest BCUT2D eigenvalue weighted by Crippen LogP contribution is 2.10. The molecule has 0 aliphatic carbocycles. The third kappa shape index (κ3) is 11.1. The number of hydrogen-bond donors (Lipinski definition) is 1. The Morgan fingerprint density at radius 2 is 1.95 bits per heavy atom. The lowest BCUT2D eigenvalue weighted by Crippen LogP contribution is -2.41. The van der Waals surface area contributed by atoms with Crippen molar-refractivity contribution >= 4 is 17.9 Å². The molecule has 1 amide bonds. The molecule has 0 unspecified atom stereocenters. The van der Waals surface area contributed by atoms with Gasteiger partial charge in [-0.1, -0.05) is 6.92 Å². The monoisotopic (exact) mass is 290 g/mol. The van der Waals surface area contributed by atoms with Crippen LogP contribution in [0.3, 0.4) is 0 Å². The Labute approximate surface area is 122 Å². The number of amides is 1. The highest BCUT2D eigenvalue weighted by molar-refractivity contribution is 7.98. The molecule has 0 aromatic heterocycles. The SMILES string of the molecule is CCCN(CCNCCCSC)C(=O)OC(C)(C)C. The van der Waals surface area contributed by atoms with Crippen LogP contribution >= 0.6 is 11.8 Å². The molecule has 0 heterocycles. The summed E-state index contributed by atoms with van der Waals surface area (Å²) in [5.74, 6) is 1.18. The van der Waals surface area contributed by atoms with Crippen molar-refractivity contribution in [2.75, 3.05) is 38.2 Å². The maximum absolute atomic E-state index is 12.0. The van der Waals surface area contributed by atoms with E-state index in [-0.39, 0.29) is 6.09 Å². The molecule has 4 nitrogen and oxygen atoms in total. The quantitative estimate of drug-likeness (QED) is 0.663. The standard InChI is InChI=1S/C14H30N2O2S/c1-6-10-16(13(17)18-14(2,3)4)11-9-15-8-7-12-19-5/h15H,6-12H2,1-5H3. The van der Waals surface area contributed by atoms with Crippen molar-refractivity contribution in [3.63, 3.8) is 0 Å². The zero-order chi connectivity index (χ0) is 14.7. The summed E-state index contributed by atoms with van der Waals surface area (Å²) >= 11 is 1.86. The third-order valence-corrected chi connectivity index (χ3v) is 3.10. The Bertz CT molecular complexity index is 242. The van der Waals surface area contributed by atoms with Crippen molar-refractivity contribution in [3.05, 3.63) is 0 Å². The molecule has 0 radical (unpaired) electrons. The van der Waals surface area contributed by atoms with Crippen LogP contribution in [0.5, 0.6) is 0 Å². The Hall–Kier alpha value is -0.420. The zero-order valence-electron chi connectivity index (χ0n) is 13.1. The van der Waals surface area contributed by atoms with Gasteiger partial charge < -0.3 is 15.0 Å². The van der Waals surface area contributed by atoms with Crippen molar-refractivity contribution in [2.24, 2.45) is 0 Å². The molecule has 19 heavy (non-hydrogen) atoms. The molecule has 0 aliphatic heterocycles. The van der Waals surface area contributed by atoms with Gasteiger partial charge in [0.15, 0.2) is 0 Å². The predicted octanol–water partition coefficient (Wildman–Crippen LogP) is 2.98. The third-order valence-electron chi connectivity index (χ3n) is 2.41. The van der Waals surface area contributed by atoms with Crippen molar-refractivity contribution in [2.45, 2.75) is 46.1 Å². The summed E-state index contributed by atoms with van der Waals surface area (Å²) in [5, 5.41) is 3.36. The van der Waals surface area contributed by atoms with Crippen LogP contribution in [0.2, 0.25) is 0 Å². The van der Waals surface area contributed by atoms with E-state index in [0.29, 0.717) is 6.54 Å². The normalized spacial score (nSPS) is 11.4. The molecule has 0 saturated carbocycles. The molecule has 0 aromatic rings. The van der Waals surface area contributed by atoms with Gasteiger partial charge in [0.05, 0.1) is 0 Å². The van der Waals surface area contributed by atoms with Gasteiger partial charge >= 0.3 is 6.09 Å². The summed E-state index contributed by atoms with van der Waals surface area (Å²) in [4.78, 5) is 13.8. The first-order chi connectivity index (χ1) is 8.90. The van der Waals surface area contributed by atoms with Gasteiger partial charge in [-0.2, -0.15) is 11.8 Å². The number of ether oxygens (including phenoxy) is 1. The molecule has 0 rings (SSSR count). The number of nitrogens with zero attached hydrogens (tertiary/aromatic N) is 1. The summed E-state index contributed by atoms with van der Waals surface area (Å²) in [6.45, 7) is 11.1. The van der Waals surface area contributed by atoms with E-state index in [1.54, 1.807) is 4.90 Å². The highest BCUT2D eigenvalue weighted by atomic mass is 32.2. The van der Waals surface area contributed by atoms with E-state index in [4.69, 9.17) is 4.74 Å². The molecule has 5 heteroatoms. The summed E-state index contributed by atoms with van der Waals surface area (Å²) in [6.07, 6.45) is 4.03. The van der Waals surface area contributed by atoms with Gasteiger partial charge in [-0.25, -0.2) is 4.79 Å². The molecule has 0 bridgehead atoms. The van der Waals surface area contributed by atoms with Gasteiger partial charge in [-0.3, -0.25) is 0 Å². The first-order valence-electron chi connectivity index (χ1n) is 7.08. The van der Waals surface area contributed by atoms with E-state index >= 15 is 0 Å². The second kappa shape index (κ2) is 10.4. The predicted molar refractivity (Wildman–Crippen MR) is 84.0 cm³/mol. The van der Waals surface area contributed by atoms with Crippen molar-refractivity contribution in [3.8, 4) is 0 Å². The molecule has 0 saturated heterocycles. The lowest BCUT2D eigenvalue weighted by Gasteiger charge is -2.27. The molecular weight excluding hydrogens is 260 g/mol. The second-order valence-electron chi connectivity index (χ2n) is 5.56. The van der Waals surface area contributed by atoms with Crippen molar-refractivity contribution < 1.29 is 9.53 Å². The molecule has 0 aliphatic rings. The van der Waals surface area contributed by atoms with Crippen LogP contribution in [0.25, 0.3) is 0 Å². The average Bonchev–Trinajstić information content (AvgIpc) is 2.30. The number of carbonyl (C=O) groups excluding carboxylic acids is 1. The zero-order valence-corrected chi connectivity index (χ0v) is 13.9. The first kappa shape index (κ1) is 18.6. The van der Waals surface area contributed by atoms with Crippen LogP contribution in [0.15, 0.2) is 0 Å². The topological polar surface area (TPSA) is 41.6 Å². The van der Waals surface area contributed by atoms with Crippen molar-refractivity contribution in [1.29, 1.82) is 0 Å². The van der Waals surface area contributed by atoms with Crippen LogP contribution in [-0.4, -0.2) is 54.8 Å². The van der Waals surface area contributed by atoms with Gasteiger partial charge in [0.2, 0.25) is 0 Å². The number of thioether (sulfide) groups is 1. The number of hydrogen-bond acceptors (Lipinski definition) is 4. The van der Waals surface area contributed by atoms with E-state index in [1.165, 1.54) is 12.2 Å². The highest BCUT2D eigenvalue weighted by Gasteiger charge is 2.21. The summed E-state index contributed by atoms with van der Waals surface area (Å²) in [6, 6.07) is 0. The van der Waals surface area contributed by atoms with Gasteiger partial charge in [0, 0.05) is 19.6 Å². The Balaban J connectivity index is 3.94. The minimum atomic E-state index is -0.422. The smallest absolute Gasteiger partial charge is 0.410 e. The maximum Gasteiger partial charge on any atom is 0.410 e. The van der Waals surface area contributed by atoms with Crippen molar-refractivity contribution in [1.82, 2.24) is 10.2 Å². The fourth-order valence-corrected chi connectivity index (χ4v) is 2.00. The number of carbonyl (C=O) groups is 1. The van der Waals surface area contributed by atoms with Gasteiger partial charge in [0.25, 0.3) is 0 Å². The van der Waals surface area contributed by atoms with Gasteiger partial charge in [-0.15, -0.1) is 0 Å². The van der Waals surface area contributed by atoms with Crippen LogP contribution in [0.1, 0.15) is 40.5 Å². The Morgan fingerprint density at radius 3 is 2.47 bits per heavy atom. The van der Waals surface area contributed by atoms with E-state index in [0.717, 1.165) is 26.1 Å². The van der Waals surface area contributed by atoms with Crippen LogP contribution in [0, 0.1) is 0 Å². The van der Waals surface area contributed by atoms with E-state index in [1.807, 2.05) is 32.5 Å². The van der Waals surface area contributed by atoms with E-state index in [2.05, 4.69) is 18.5 Å². The molecule has 0 fully saturated rings. The molecular formula is C14H30N2O2S. The minimum Gasteiger partial charge on any atom is -0.444 e. The van der Waals surface area contributed by atoms with Gasteiger partial charge in [0.1, 0.15) is 5.60 Å². The minimum absolute atomic E-state index is 0.208. The fraction of sp³-hybridized carbons (Fsp3) is 0.929. The molecule has 0 spiro atoms. The van der Waals surface area contributed by atoms with Crippen LogP contribution in [0.4, 0.5) is 4.79 Å². The lowest BCUT2D eigenvalue weighted by atomic mass is 10.2. The average molecular weight is 290 g/mol. The summed E-state index contributed by atoms with van der Waals surface area (Å²) in [7, 11) is 0. The lowest BCUT2D eigenvalue weighted by molar-refractivity contribution is 0.0252. The molecule has 0 atom stereocenters. The number of rotatable bonds is 9. The second-order valence-corrected chi connectivity index (χ2v) is 6.55. The van der Waals surface area contributed by atoms with E-state index < -0.39 is 5.60 Å². The number of nitrogens with one attached hydrogen (secondary N) is 1. The summed E-state index contributed by atoms with van der Waals surface area (Å²) in [5.41, 5.74) is -0.422. The molecule has 114 valence electrons. The largest absolute Gasteiger partial charge is 0.444 e. The Kier molecular flexibility index (Phi) is 10.1. The van der Waals surface area contributed by atoms with Crippen LogP contribution < -0.4 is 5.32 Å². The fourth-order valence-electron chi connectivity index (χ4n) is 1.57. The molecule has 1 N–H and O–H groups in total. The summed E-state index contributed by atoms with van der Waals surface area (Å²) < 4.78 is 5.40. The molecule has 0 aromatic carbocycles. The van der Waals surface area contributed by atoms with E-state index in [9.17, 15) is 4.79 Å². The maximum atomic E-state index is 12.0. The van der Waals surface area contributed by atoms with Crippen LogP contribution in [-0.2, 0) is 4.74 Å². The first-order valence-corrected chi connectivity index (χ1v) is 8.47.